The minimum Gasteiger partial charge on any atom is -0.166 e. The standard InChI is InChI=1S/C15H18ClF3/c1-10-9-11(15(17,18)19)7-8-12(10)13-5-3-2-4-6-14(13)16/h7-9,13-14H,2-6H2,1H3. The Balaban J connectivity index is 2.29. The molecule has 0 amide bonds. The third kappa shape index (κ3) is 3.44. The number of hydrogen-bond acceptors (Lipinski definition) is 0. The van der Waals surface area contributed by atoms with E-state index in [4.69, 9.17) is 11.6 Å². The van der Waals surface area contributed by atoms with Crippen molar-refractivity contribution in [3.8, 4) is 0 Å². The summed E-state index contributed by atoms with van der Waals surface area (Å²) >= 11 is 6.40. The van der Waals surface area contributed by atoms with Crippen LogP contribution >= 0.6 is 11.6 Å². The molecular weight excluding hydrogens is 273 g/mol. The molecule has 106 valence electrons. The molecule has 1 aliphatic carbocycles. The molecule has 0 saturated heterocycles. The van der Waals surface area contributed by atoms with Crippen LogP contribution in [0.15, 0.2) is 18.2 Å². The van der Waals surface area contributed by atoms with Gasteiger partial charge in [0.25, 0.3) is 0 Å². The zero-order chi connectivity index (χ0) is 14.0. The average Bonchev–Trinajstić information content (AvgIpc) is 2.53. The van der Waals surface area contributed by atoms with Crippen molar-refractivity contribution in [2.75, 3.05) is 0 Å². The number of rotatable bonds is 1. The van der Waals surface area contributed by atoms with Crippen molar-refractivity contribution in [1.29, 1.82) is 0 Å². The highest BCUT2D eigenvalue weighted by Crippen LogP contribution is 2.38. The first kappa shape index (κ1) is 14.7. The van der Waals surface area contributed by atoms with Crippen LogP contribution in [0.4, 0.5) is 13.2 Å². The lowest BCUT2D eigenvalue weighted by Gasteiger charge is -2.22. The summed E-state index contributed by atoms with van der Waals surface area (Å²) in [6.07, 6.45) is 1.04. The van der Waals surface area contributed by atoms with Crippen LogP contribution in [-0.4, -0.2) is 5.38 Å². The number of halogens is 4. The molecule has 2 unspecified atom stereocenters. The SMILES string of the molecule is Cc1cc(C(F)(F)F)ccc1C1CCCCCC1Cl. The molecule has 1 fully saturated rings. The van der Waals surface area contributed by atoms with Crippen LogP contribution in [0, 0.1) is 6.92 Å². The zero-order valence-electron chi connectivity index (χ0n) is 10.9. The van der Waals surface area contributed by atoms with Gasteiger partial charge >= 0.3 is 6.18 Å². The van der Waals surface area contributed by atoms with Crippen LogP contribution in [0.5, 0.6) is 0 Å². The quantitative estimate of drug-likeness (QED) is 0.462. The van der Waals surface area contributed by atoms with E-state index in [2.05, 4.69) is 0 Å². The second kappa shape index (κ2) is 5.74. The first-order valence-electron chi connectivity index (χ1n) is 6.71. The second-order valence-electron chi connectivity index (χ2n) is 5.33. The van der Waals surface area contributed by atoms with Crippen molar-refractivity contribution in [3.63, 3.8) is 0 Å². The molecule has 0 bridgehead atoms. The van der Waals surface area contributed by atoms with Crippen LogP contribution in [0.25, 0.3) is 0 Å². The summed E-state index contributed by atoms with van der Waals surface area (Å²) in [7, 11) is 0. The summed E-state index contributed by atoms with van der Waals surface area (Å²) in [4.78, 5) is 0. The van der Waals surface area contributed by atoms with Crippen LogP contribution in [0.2, 0.25) is 0 Å². The molecule has 0 heterocycles. The van der Waals surface area contributed by atoms with E-state index in [0.29, 0.717) is 5.56 Å². The Kier molecular flexibility index (Phi) is 4.44. The fourth-order valence-electron chi connectivity index (χ4n) is 2.88. The molecule has 0 N–H and O–H groups in total. The van der Waals surface area contributed by atoms with E-state index < -0.39 is 11.7 Å². The van der Waals surface area contributed by atoms with Gasteiger partial charge in [0.1, 0.15) is 0 Å². The molecule has 1 aliphatic rings. The molecule has 2 rings (SSSR count). The predicted molar refractivity (Wildman–Crippen MR) is 71.6 cm³/mol. The van der Waals surface area contributed by atoms with Gasteiger partial charge in [-0.25, -0.2) is 0 Å². The number of benzene rings is 1. The summed E-state index contributed by atoms with van der Waals surface area (Å²) < 4.78 is 38.0. The molecular formula is C15H18ClF3. The maximum absolute atomic E-state index is 12.7. The summed E-state index contributed by atoms with van der Waals surface area (Å²) in [6, 6.07) is 4.03. The Morgan fingerprint density at radius 1 is 1.11 bits per heavy atom. The van der Waals surface area contributed by atoms with Gasteiger partial charge in [-0.3, -0.25) is 0 Å². The van der Waals surface area contributed by atoms with Gasteiger partial charge in [-0.05, 0) is 43.0 Å². The largest absolute Gasteiger partial charge is 0.416 e. The molecule has 0 aliphatic heterocycles. The van der Waals surface area contributed by atoms with Crippen molar-refractivity contribution in [2.24, 2.45) is 0 Å². The molecule has 4 heteroatoms. The van der Waals surface area contributed by atoms with E-state index in [0.717, 1.165) is 31.2 Å². The van der Waals surface area contributed by atoms with Crippen LogP contribution < -0.4 is 0 Å². The van der Waals surface area contributed by atoms with Crippen molar-refractivity contribution in [2.45, 2.75) is 56.5 Å². The lowest BCUT2D eigenvalue weighted by molar-refractivity contribution is -0.137. The maximum atomic E-state index is 12.7. The van der Waals surface area contributed by atoms with Crippen molar-refractivity contribution >= 4 is 11.6 Å². The Bertz CT molecular complexity index is 440. The molecule has 0 radical (unpaired) electrons. The minimum absolute atomic E-state index is 0.0398. The van der Waals surface area contributed by atoms with Gasteiger partial charge in [0.2, 0.25) is 0 Å². The van der Waals surface area contributed by atoms with E-state index >= 15 is 0 Å². The fourth-order valence-corrected chi connectivity index (χ4v) is 3.30. The number of alkyl halides is 4. The Morgan fingerprint density at radius 2 is 1.79 bits per heavy atom. The lowest BCUT2D eigenvalue weighted by Crippen LogP contribution is -2.14. The predicted octanol–water partition coefficient (Wildman–Crippen LogP) is 5.67. The second-order valence-corrected chi connectivity index (χ2v) is 5.89. The van der Waals surface area contributed by atoms with E-state index in [-0.39, 0.29) is 11.3 Å². The smallest absolute Gasteiger partial charge is 0.166 e. The van der Waals surface area contributed by atoms with E-state index in [1.54, 1.807) is 13.0 Å². The van der Waals surface area contributed by atoms with Crippen LogP contribution in [0.1, 0.15) is 54.7 Å². The van der Waals surface area contributed by atoms with Gasteiger partial charge in [0.15, 0.2) is 0 Å². The van der Waals surface area contributed by atoms with Crippen molar-refractivity contribution in [3.05, 3.63) is 34.9 Å². The average molecular weight is 291 g/mol. The zero-order valence-corrected chi connectivity index (χ0v) is 11.7. The Labute approximate surface area is 117 Å². The van der Waals surface area contributed by atoms with Gasteiger partial charge in [-0.15, -0.1) is 11.6 Å². The highest BCUT2D eigenvalue weighted by molar-refractivity contribution is 6.21. The molecule has 0 spiro atoms. The van der Waals surface area contributed by atoms with Crippen molar-refractivity contribution in [1.82, 2.24) is 0 Å². The highest BCUT2D eigenvalue weighted by Gasteiger charge is 2.32. The van der Waals surface area contributed by atoms with Gasteiger partial charge in [0.05, 0.1) is 5.56 Å². The molecule has 2 atom stereocenters. The lowest BCUT2D eigenvalue weighted by atomic mass is 9.87. The number of hydrogen-bond donors (Lipinski definition) is 0. The maximum Gasteiger partial charge on any atom is 0.416 e. The van der Waals surface area contributed by atoms with Crippen molar-refractivity contribution < 1.29 is 13.2 Å². The van der Waals surface area contributed by atoms with E-state index in [1.807, 2.05) is 0 Å². The monoisotopic (exact) mass is 290 g/mol. The topological polar surface area (TPSA) is 0 Å². The van der Waals surface area contributed by atoms with Crippen LogP contribution in [0.3, 0.4) is 0 Å². The van der Waals surface area contributed by atoms with Gasteiger partial charge < -0.3 is 0 Å². The third-order valence-corrected chi connectivity index (χ3v) is 4.45. The van der Waals surface area contributed by atoms with Crippen LogP contribution in [-0.2, 0) is 6.18 Å². The van der Waals surface area contributed by atoms with Gasteiger partial charge in [0, 0.05) is 11.3 Å². The van der Waals surface area contributed by atoms with Gasteiger partial charge in [-0.1, -0.05) is 25.3 Å². The summed E-state index contributed by atoms with van der Waals surface area (Å²) in [5.74, 6) is 0.187. The molecule has 0 nitrogen and oxygen atoms in total. The highest BCUT2D eigenvalue weighted by atomic mass is 35.5. The molecule has 1 aromatic carbocycles. The normalized spacial score (nSPS) is 25.1. The molecule has 19 heavy (non-hydrogen) atoms. The van der Waals surface area contributed by atoms with E-state index in [1.165, 1.54) is 18.6 Å². The summed E-state index contributed by atoms with van der Waals surface area (Å²) in [5.41, 5.74) is 1.11. The first-order valence-corrected chi connectivity index (χ1v) is 7.15. The molecule has 1 aromatic rings. The molecule has 0 aromatic heterocycles. The summed E-state index contributed by atoms with van der Waals surface area (Å²) in [5, 5.41) is 0.0398. The minimum atomic E-state index is -4.27. The third-order valence-electron chi connectivity index (χ3n) is 3.93. The molecule has 1 saturated carbocycles. The fraction of sp³-hybridized carbons (Fsp3) is 0.600. The Hall–Kier alpha value is -0.700. The number of aryl methyl sites for hydroxylation is 1. The Morgan fingerprint density at radius 3 is 2.42 bits per heavy atom. The summed E-state index contributed by atoms with van der Waals surface area (Å²) in [6.45, 7) is 1.75. The first-order chi connectivity index (χ1) is 8.89. The van der Waals surface area contributed by atoms with Gasteiger partial charge in [-0.2, -0.15) is 13.2 Å². The van der Waals surface area contributed by atoms with E-state index in [9.17, 15) is 13.2 Å².